The number of hydrogen-bond donors (Lipinski definition) is 1. The van der Waals surface area contributed by atoms with Crippen molar-refractivity contribution in [3.05, 3.63) is 18.5 Å². The SMILES string of the molecule is O=C1CNc2ccncc2N1C1CCOCC1. The number of amides is 1. The van der Waals surface area contributed by atoms with Gasteiger partial charge in [0.25, 0.3) is 0 Å². The summed E-state index contributed by atoms with van der Waals surface area (Å²) in [6.07, 6.45) is 5.30. The molecule has 0 spiro atoms. The van der Waals surface area contributed by atoms with Crippen LogP contribution >= 0.6 is 0 Å². The summed E-state index contributed by atoms with van der Waals surface area (Å²) in [6.45, 7) is 1.84. The Balaban J connectivity index is 1.94. The van der Waals surface area contributed by atoms with Crippen LogP contribution in [0.1, 0.15) is 12.8 Å². The molecule has 3 rings (SSSR count). The predicted octanol–water partition coefficient (Wildman–Crippen LogP) is 1.02. The normalized spacial score (nSPS) is 20.9. The molecule has 1 amide bonds. The van der Waals surface area contributed by atoms with Crippen molar-refractivity contribution in [1.82, 2.24) is 4.98 Å². The van der Waals surface area contributed by atoms with Gasteiger partial charge in [-0.05, 0) is 18.9 Å². The molecule has 2 aliphatic heterocycles. The fourth-order valence-corrected chi connectivity index (χ4v) is 2.46. The van der Waals surface area contributed by atoms with Gasteiger partial charge in [0.05, 0.1) is 24.1 Å². The van der Waals surface area contributed by atoms with Crippen molar-refractivity contribution in [2.45, 2.75) is 18.9 Å². The zero-order valence-corrected chi connectivity index (χ0v) is 9.56. The zero-order chi connectivity index (χ0) is 11.7. The Labute approximate surface area is 99.8 Å². The summed E-state index contributed by atoms with van der Waals surface area (Å²) in [5, 5.41) is 3.12. The third-order valence-corrected chi connectivity index (χ3v) is 3.31. The average Bonchev–Trinajstić information content (AvgIpc) is 2.39. The lowest BCUT2D eigenvalue weighted by atomic mass is 10.0. The van der Waals surface area contributed by atoms with Gasteiger partial charge in [-0.15, -0.1) is 0 Å². The first-order valence-corrected chi connectivity index (χ1v) is 5.94. The highest BCUT2D eigenvalue weighted by Gasteiger charge is 2.31. The van der Waals surface area contributed by atoms with Gasteiger partial charge in [0.2, 0.25) is 5.91 Å². The molecule has 0 radical (unpaired) electrons. The van der Waals surface area contributed by atoms with E-state index in [1.54, 1.807) is 12.4 Å². The molecule has 1 fully saturated rings. The number of carbonyl (C=O) groups is 1. The summed E-state index contributed by atoms with van der Waals surface area (Å²) in [5.74, 6) is 0.123. The highest BCUT2D eigenvalue weighted by Crippen LogP contribution is 2.32. The monoisotopic (exact) mass is 233 g/mol. The maximum absolute atomic E-state index is 12.1. The largest absolute Gasteiger partial charge is 0.381 e. The van der Waals surface area contributed by atoms with Crippen molar-refractivity contribution in [3.63, 3.8) is 0 Å². The number of hydrogen-bond acceptors (Lipinski definition) is 4. The van der Waals surface area contributed by atoms with Gasteiger partial charge in [-0.3, -0.25) is 9.78 Å². The molecule has 5 heteroatoms. The third kappa shape index (κ3) is 1.86. The lowest BCUT2D eigenvalue weighted by Crippen LogP contribution is -2.48. The number of fused-ring (bicyclic) bond motifs is 1. The van der Waals surface area contributed by atoms with Gasteiger partial charge in [0.1, 0.15) is 0 Å². The second kappa shape index (κ2) is 4.33. The average molecular weight is 233 g/mol. The van der Waals surface area contributed by atoms with E-state index >= 15 is 0 Å². The van der Waals surface area contributed by atoms with Crippen molar-refractivity contribution < 1.29 is 9.53 Å². The molecular weight excluding hydrogens is 218 g/mol. The van der Waals surface area contributed by atoms with Crippen LogP contribution in [0.25, 0.3) is 0 Å². The minimum Gasteiger partial charge on any atom is -0.381 e. The Morgan fingerprint density at radius 3 is 3.06 bits per heavy atom. The van der Waals surface area contributed by atoms with E-state index in [0.717, 1.165) is 37.4 Å². The molecule has 1 aromatic rings. The third-order valence-electron chi connectivity index (χ3n) is 3.31. The smallest absolute Gasteiger partial charge is 0.246 e. The molecule has 17 heavy (non-hydrogen) atoms. The van der Waals surface area contributed by atoms with Crippen LogP contribution in [0.4, 0.5) is 11.4 Å². The second-order valence-electron chi connectivity index (χ2n) is 4.35. The van der Waals surface area contributed by atoms with Crippen LogP contribution in [0.5, 0.6) is 0 Å². The Morgan fingerprint density at radius 2 is 2.24 bits per heavy atom. The summed E-state index contributed by atoms with van der Waals surface area (Å²) in [4.78, 5) is 18.1. The fraction of sp³-hybridized carbons (Fsp3) is 0.500. The van der Waals surface area contributed by atoms with E-state index in [1.165, 1.54) is 0 Å². The summed E-state index contributed by atoms with van der Waals surface area (Å²) >= 11 is 0. The van der Waals surface area contributed by atoms with Gasteiger partial charge in [-0.25, -0.2) is 0 Å². The number of nitrogens with zero attached hydrogens (tertiary/aromatic N) is 2. The van der Waals surface area contributed by atoms with Crippen LogP contribution in [0.2, 0.25) is 0 Å². The molecular formula is C12H15N3O2. The summed E-state index contributed by atoms with van der Waals surface area (Å²) in [6, 6.07) is 2.16. The molecule has 0 unspecified atom stereocenters. The Morgan fingerprint density at radius 1 is 1.41 bits per heavy atom. The lowest BCUT2D eigenvalue weighted by molar-refractivity contribution is -0.118. The van der Waals surface area contributed by atoms with Gasteiger partial charge in [-0.1, -0.05) is 0 Å². The highest BCUT2D eigenvalue weighted by atomic mass is 16.5. The number of rotatable bonds is 1. The molecule has 0 atom stereocenters. The Hall–Kier alpha value is -1.62. The van der Waals surface area contributed by atoms with E-state index in [0.29, 0.717) is 6.54 Å². The van der Waals surface area contributed by atoms with Gasteiger partial charge < -0.3 is 15.0 Å². The van der Waals surface area contributed by atoms with Crippen molar-refractivity contribution in [2.24, 2.45) is 0 Å². The second-order valence-corrected chi connectivity index (χ2v) is 4.35. The van der Waals surface area contributed by atoms with E-state index in [4.69, 9.17) is 4.74 Å². The van der Waals surface area contributed by atoms with Crippen molar-refractivity contribution in [2.75, 3.05) is 30.0 Å². The molecule has 1 N–H and O–H groups in total. The molecule has 90 valence electrons. The first-order valence-electron chi connectivity index (χ1n) is 5.94. The van der Waals surface area contributed by atoms with Gasteiger partial charge in [0.15, 0.2) is 0 Å². The minimum atomic E-state index is 0.123. The number of anilines is 2. The van der Waals surface area contributed by atoms with Crippen LogP contribution in [-0.2, 0) is 9.53 Å². The number of nitrogens with one attached hydrogen (secondary N) is 1. The van der Waals surface area contributed by atoms with E-state index in [-0.39, 0.29) is 11.9 Å². The molecule has 1 saturated heterocycles. The minimum absolute atomic E-state index is 0.123. The van der Waals surface area contributed by atoms with Crippen LogP contribution in [0.15, 0.2) is 18.5 Å². The zero-order valence-electron chi connectivity index (χ0n) is 9.56. The molecule has 1 aromatic heterocycles. The van der Waals surface area contributed by atoms with E-state index < -0.39 is 0 Å². The number of ether oxygens (including phenoxy) is 1. The summed E-state index contributed by atoms with van der Waals surface area (Å²) in [7, 11) is 0. The van der Waals surface area contributed by atoms with Gasteiger partial charge >= 0.3 is 0 Å². The molecule has 0 aliphatic carbocycles. The molecule has 2 aliphatic rings. The van der Waals surface area contributed by atoms with E-state index in [2.05, 4.69) is 10.3 Å². The van der Waals surface area contributed by atoms with Crippen molar-refractivity contribution >= 4 is 17.3 Å². The standard InChI is InChI=1S/C12H15N3O2/c16-12-8-14-10-1-4-13-7-11(10)15(12)9-2-5-17-6-3-9/h1,4,7,9,14H,2-3,5-6,8H2. The Kier molecular flexibility index (Phi) is 2.68. The van der Waals surface area contributed by atoms with Crippen molar-refractivity contribution in [3.8, 4) is 0 Å². The highest BCUT2D eigenvalue weighted by molar-refractivity contribution is 6.02. The maximum atomic E-state index is 12.1. The topological polar surface area (TPSA) is 54.5 Å². The molecule has 0 saturated carbocycles. The number of pyridine rings is 1. The quantitative estimate of drug-likeness (QED) is 0.786. The van der Waals surface area contributed by atoms with Crippen molar-refractivity contribution in [1.29, 1.82) is 0 Å². The molecule has 5 nitrogen and oxygen atoms in total. The fourth-order valence-electron chi connectivity index (χ4n) is 2.46. The van der Waals surface area contributed by atoms with Gasteiger partial charge in [-0.2, -0.15) is 0 Å². The predicted molar refractivity (Wildman–Crippen MR) is 64.1 cm³/mol. The van der Waals surface area contributed by atoms with E-state index in [9.17, 15) is 4.79 Å². The van der Waals surface area contributed by atoms with Crippen LogP contribution < -0.4 is 10.2 Å². The van der Waals surface area contributed by atoms with Gasteiger partial charge in [0, 0.05) is 25.5 Å². The lowest BCUT2D eigenvalue weighted by Gasteiger charge is -2.37. The van der Waals surface area contributed by atoms with Crippen LogP contribution in [0.3, 0.4) is 0 Å². The molecule has 3 heterocycles. The number of carbonyl (C=O) groups excluding carboxylic acids is 1. The number of aromatic nitrogens is 1. The van der Waals surface area contributed by atoms with Crippen LogP contribution in [-0.4, -0.2) is 36.7 Å². The first kappa shape index (κ1) is 10.5. The Bertz CT molecular complexity index is 430. The first-order chi connectivity index (χ1) is 8.36. The summed E-state index contributed by atoms with van der Waals surface area (Å²) < 4.78 is 5.34. The van der Waals surface area contributed by atoms with Crippen LogP contribution in [0, 0.1) is 0 Å². The maximum Gasteiger partial charge on any atom is 0.246 e. The molecule has 0 aromatic carbocycles. The summed E-state index contributed by atoms with van der Waals surface area (Å²) in [5.41, 5.74) is 1.89. The molecule has 0 bridgehead atoms. The van der Waals surface area contributed by atoms with E-state index in [1.807, 2.05) is 11.0 Å².